The number of para-hydroxylation sites is 1. The van der Waals surface area contributed by atoms with E-state index in [0.717, 1.165) is 43.5 Å². The Labute approximate surface area is 324 Å². The summed E-state index contributed by atoms with van der Waals surface area (Å²) in [6, 6.07) is 63.5. The Morgan fingerprint density at radius 1 is 0.418 bits per heavy atom. The molecule has 256 valence electrons. The number of hydrogen-bond acceptors (Lipinski definition) is 4. The van der Waals surface area contributed by atoms with Gasteiger partial charge >= 0.3 is 0 Å². The molecule has 0 saturated heterocycles. The molecule has 0 atom stereocenters. The van der Waals surface area contributed by atoms with E-state index in [2.05, 4.69) is 180 Å². The Balaban J connectivity index is 1.22. The minimum absolute atomic E-state index is 0.671. The molecule has 3 nitrogen and oxygen atoms in total. The molecule has 0 aliphatic carbocycles. The molecular weight excluding hydrogens is 707 g/mol. The van der Waals surface area contributed by atoms with Crippen LogP contribution in [0.4, 0.5) is 0 Å². The van der Waals surface area contributed by atoms with Crippen LogP contribution in [0, 0.1) is 0 Å². The summed E-state index contributed by atoms with van der Waals surface area (Å²) in [6.07, 6.45) is 0. The molecule has 0 fully saturated rings. The Hall–Kier alpha value is -6.66. The fraction of sp³-hybridized carbons (Fsp3) is 0. The first-order valence-electron chi connectivity index (χ1n) is 18.5. The van der Waals surface area contributed by atoms with Crippen LogP contribution in [0.1, 0.15) is 0 Å². The van der Waals surface area contributed by atoms with E-state index in [1.807, 2.05) is 11.3 Å². The Morgan fingerprint density at radius 2 is 1.11 bits per heavy atom. The van der Waals surface area contributed by atoms with Crippen LogP contribution < -0.4 is 0 Å². The second kappa shape index (κ2) is 11.9. The maximum atomic E-state index is 5.52. The van der Waals surface area contributed by atoms with Crippen molar-refractivity contribution in [1.82, 2.24) is 14.5 Å². The van der Waals surface area contributed by atoms with Gasteiger partial charge in [0.2, 0.25) is 5.95 Å². The first-order chi connectivity index (χ1) is 27.3. The van der Waals surface area contributed by atoms with Crippen molar-refractivity contribution in [2.75, 3.05) is 0 Å². The van der Waals surface area contributed by atoms with E-state index in [9.17, 15) is 0 Å². The van der Waals surface area contributed by atoms with E-state index in [4.69, 9.17) is 9.97 Å². The van der Waals surface area contributed by atoms with Gasteiger partial charge in [0.05, 0.1) is 26.9 Å². The SMILES string of the molecule is c1ccc(-c2ccc3c(c2)c2cccc(-c4cccc5c4sc4ccc6ccccc6c45)c2n3-c2nc(-c3ccccc3)c3sc4ccccc4c3n2)cc1. The zero-order valence-electron chi connectivity index (χ0n) is 29.4. The van der Waals surface area contributed by atoms with Gasteiger partial charge in [-0.3, -0.25) is 4.57 Å². The molecule has 8 aromatic carbocycles. The third-order valence-electron chi connectivity index (χ3n) is 11.0. The molecule has 0 unspecified atom stereocenters. The lowest BCUT2D eigenvalue weighted by Crippen LogP contribution is -2.03. The lowest BCUT2D eigenvalue weighted by Gasteiger charge is -2.13. The van der Waals surface area contributed by atoms with Crippen molar-refractivity contribution in [2.24, 2.45) is 0 Å². The van der Waals surface area contributed by atoms with Crippen molar-refractivity contribution in [3.05, 3.63) is 176 Å². The molecule has 4 heterocycles. The first kappa shape index (κ1) is 30.8. The summed E-state index contributed by atoms with van der Waals surface area (Å²) in [4.78, 5) is 11.0. The molecule has 55 heavy (non-hydrogen) atoms. The van der Waals surface area contributed by atoms with Crippen molar-refractivity contribution in [3.63, 3.8) is 0 Å². The highest BCUT2D eigenvalue weighted by Gasteiger charge is 2.23. The lowest BCUT2D eigenvalue weighted by atomic mass is 9.98. The van der Waals surface area contributed by atoms with Crippen molar-refractivity contribution in [2.45, 2.75) is 0 Å². The van der Waals surface area contributed by atoms with Crippen LogP contribution in [0.25, 0.3) is 113 Å². The van der Waals surface area contributed by atoms with Gasteiger partial charge in [0.1, 0.15) is 0 Å². The molecule has 12 rings (SSSR count). The molecule has 0 spiro atoms. The number of fused-ring (bicyclic) bond motifs is 11. The third kappa shape index (κ3) is 4.61. The van der Waals surface area contributed by atoms with E-state index in [-0.39, 0.29) is 0 Å². The van der Waals surface area contributed by atoms with Crippen LogP contribution >= 0.6 is 22.7 Å². The first-order valence-corrected chi connectivity index (χ1v) is 20.1. The molecular formula is C50H29N3S2. The van der Waals surface area contributed by atoms with Crippen LogP contribution in [0.3, 0.4) is 0 Å². The largest absolute Gasteiger partial charge is 0.277 e. The van der Waals surface area contributed by atoms with Crippen molar-refractivity contribution in [3.8, 4) is 39.5 Å². The minimum atomic E-state index is 0.671. The molecule has 5 heteroatoms. The maximum Gasteiger partial charge on any atom is 0.235 e. The van der Waals surface area contributed by atoms with Crippen molar-refractivity contribution >= 4 is 95.7 Å². The monoisotopic (exact) mass is 735 g/mol. The second-order valence-corrected chi connectivity index (χ2v) is 16.2. The zero-order chi connectivity index (χ0) is 36.0. The van der Waals surface area contributed by atoms with Crippen molar-refractivity contribution in [1.29, 1.82) is 0 Å². The summed E-state index contributed by atoms with van der Waals surface area (Å²) < 4.78 is 7.22. The second-order valence-electron chi connectivity index (χ2n) is 14.1. The number of benzene rings is 8. The van der Waals surface area contributed by atoms with Crippen molar-refractivity contribution < 1.29 is 0 Å². The van der Waals surface area contributed by atoms with Gasteiger partial charge in [-0.1, -0.05) is 152 Å². The summed E-state index contributed by atoms with van der Waals surface area (Å²) in [6.45, 7) is 0. The van der Waals surface area contributed by atoms with Gasteiger partial charge in [-0.05, 0) is 46.2 Å². The average Bonchev–Trinajstić information content (AvgIpc) is 3.94. The molecule has 0 aliphatic rings. The number of nitrogens with zero attached hydrogens (tertiary/aromatic N) is 3. The summed E-state index contributed by atoms with van der Waals surface area (Å²) >= 11 is 3.65. The standard InChI is InChI=1S/C50H29N3S2/c1-3-13-30(14-4-1)33-25-27-41-40(29-33)36-21-11-20-35(37-22-12-23-39-44-34-18-8-7-15-31(34)26-28-43(44)55-48(37)39)47(36)53(41)50-51-45(32-16-5-2-6-17-32)49-46(52-50)38-19-9-10-24-42(38)54-49/h1-29H. The maximum absolute atomic E-state index is 5.52. The fourth-order valence-corrected chi connectivity index (χ4v) is 11.0. The lowest BCUT2D eigenvalue weighted by molar-refractivity contribution is 1.02. The highest BCUT2D eigenvalue weighted by molar-refractivity contribution is 7.26. The molecule has 0 N–H and O–H groups in total. The summed E-state index contributed by atoms with van der Waals surface area (Å²) in [5.41, 5.74) is 9.95. The number of thiophene rings is 2. The summed E-state index contributed by atoms with van der Waals surface area (Å²) in [5.74, 6) is 0.671. The molecule has 4 aromatic heterocycles. The highest BCUT2D eigenvalue weighted by Crippen LogP contribution is 2.47. The number of hydrogen-bond donors (Lipinski definition) is 0. The fourth-order valence-electron chi connectivity index (χ4n) is 8.56. The summed E-state index contributed by atoms with van der Waals surface area (Å²) in [7, 11) is 0. The average molecular weight is 736 g/mol. The molecule has 0 radical (unpaired) electrons. The smallest absolute Gasteiger partial charge is 0.235 e. The molecule has 0 bridgehead atoms. The Kier molecular flexibility index (Phi) is 6.67. The molecule has 0 saturated carbocycles. The van der Waals surface area contributed by atoms with Gasteiger partial charge in [0.25, 0.3) is 0 Å². The van der Waals surface area contributed by atoms with E-state index < -0.39 is 0 Å². The van der Waals surface area contributed by atoms with Crippen LogP contribution in [0.2, 0.25) is 0 Å². The molecule has 0 amide bonds. The number of aromatic nitrogens is 3. The van der Waals surface area contributed by atoms with Gasteiger partial charge in [-0.2, -0.15) is 0 Å². The van der Waals surface area contributed by atoms with Gasteiger partial charge in [0, 0.05) is 57.7 Å². The summed E-state index contributed by atoms with van der Waals surface area (Å²) in [5, 5.41) is 8.67. The normalized spacial score (nSPS) is 12.0. The predicted octanol–water partition coefficient (Wildman–Crippen LogP) is 14.5. The van der Waals surface area contributed by atoms with Gasteiger partial charge in [-0.25, -0.2) is 9.97 Å². The number of rotatable bonds is 4. The minimum Gasteiger partial charge on any atom is -0.277 e. The van der Waals surface area contributed by atoms with E-state index >= 15 is 0 Å². The Morgan fingerprint density at radius 3 is 1.96 bits per heavy atom. The van der Waals surface area contributed by atoms with E-state index in [1.54, 1.807) is 11.3 Å². The van der Waals surface area contributed by atoms with Gasteiger partial charge in [0.15, 0.2) is 0 Å². The quantitative estimate of drug-likeness (QED) is 0.180. The molecule has 0 aliphatic heterocycles. The van der Waals surface area contributed by atoms with Crippen LogP contribution in [0.15, 0.2) is 176 Å². The highest BCUT2D eigenvalue weighted by atomic mass is 32.1. The topological polar surface area (TPSA) is 30.7 Å². The zero-order valence-corrected chi connectivity index (χ0v) is 31.0. The molecule has 12 aromatic rings. The third-order valence-corrected chi connectivity index (χ3v) is 13.4. The van der Waals surface area contributed by atoms with Crippen LogP contribution in [-0.2, 0) is 0 Å². The van der Waals surface area contributed by atoms with E-state index in [0.29, 0.717) is 5.95 Å². The van der Waals surface area contributed by atoms with Gasteiger partial charge < -0.3 is 0 Å². The van der Waals surface area contributed by atoms with Crippen LogP contribution in [-0.4, -0.2) is 14.5 Å². The van der Waals surface area contributed by atoms with Crippen LogP contribution in [0.5, 0.6) is 0 Å². The predicted molar refractivity (Wildman–Crippen MR) is 236 cm³/mol. The van der Waals surface area contributed by atoms with E-state index in [1.165, 1.54) is 63.1 Å². The van der Waals surface area contributed by atoms with Gasteiger partial charge in [-0.15, -0.1) is 22.7 Å². The Bertz CT molecular complexity index is 3480.